The number of carbonyl (C=O) groups excluding carboxylic acids is 1. The second kappa shape index (κ2) is 5.82. The molecule has 1 amide bonds. The topological polar surface area (TPSA) is 29.1 Å². The third-order valence-electron chi connectivity index (χ3n) is 2.62. The van der Waals surface area contributed by atoms with Gasteiger partial charge in [0.1, 0.15) is 0 Å². The highest BCUT2D eigenvalue weighted by atomic mass is 16.1. The number of benzene rings is 2. The molecular formula is C16H15NO. The lowest BCUT2D eigenvalue weighted by Gasteiger charge is -2.03. The van der Waals surface area contributed by atoms with Gasteiger partial charge in [-0.15, -0.1) is 0 Å². The van der Waals surface area contributed by atoms with E-state index in [0.717, 1.165) is 16.8 Å². The van der Waals surface area contributed by atoms with Crippen molar-refractivity contribution < 1.29 is 4.79 Å². The smallest absolute Gasteiger partial charge is 0.248 e. The summed E-state index contributed by atoms with van der Waals surface area (Å²) in [6, 6.07) is 19.3. The number of nitrogens with one attached hydrogen (secondary N) is 1. The average Bonchev–Trinajstić information content (AvgIpc) is 2.40. The monoisotopic (exact) mass is 237 g/mol. The largest absolute Gasteiger partial charge is 0.323 e. The average molecular weight is 237 g/mol. The fraction of sp³-hybridized carbons (Fsp3) is 0.0625. The summed E-state index contributed by atoms with van der Waals surface area (Å²) >= 11 is 0. The van der Waals surface area contributed by atoms with E-state index in [1.807, 2.05) is 67.6 Å². The molecule has 0 aliphatic carbocycles. The summed E-state index contributed by atoms with van der Waals surface area (Å²) in [6.45, 7) is 1.93. The molecule has 0 atom stereocenters. The third-order valence-corrected chi connectivity index (χ3v) is 2.62. The summed E-state index contributed by atoms with van der Waals surface area (Å²) in [5, 5.41) is 2.83. The highest BCUT2D eigenvalue weighted by Gasteiger charge is 2.00. The van der Waals surface area contributed by atoms with Gasteiger partial charge < -0.3 is 5.32 Å². The molecule has 2 nitrogen and oxygen atoms in total. The Morgan fingerprint density at radius 1 is 0.944 bits per heavy atom. The molecule has 2 heteroatoms. The van der Waals surface area contributed by atoms with Gasteiger partial charge in [0, 0.05) is 11.8 Å². The highest BCUT2D eigenvalue weighted by molar-refractivity contribution is 6.03. The van der Waals surface area contributed by atoms with Gasteiger partial charge in [0.15, 0.2) is 0 Å². The van der Waals surface area contributed by atoms with Crippen molar-refractivity contribution in [2.24, 2.45) is 0 Å². The Hall–Kier alpha value is -2.35. The SMILES string of the molecule is C/C(=C\C(=O)Nc1ccccc1)c1ccccc1. The van der Waals surface area contributed by atoms with Gasteiger partial charge in [-0.05, 0) is 30.2 Å². The number of para-hydroxylation sites is 1. The molecule has 2 rings (SSSR count). The third kappa shape index (κ3) is 3.32. The summed E-state index contributed by atoms with van der Waals surface area (Å²) in [4.78, 5) is 11.8. The molecule has 0 aliphatic rings. The Morgan fingerprint density at radius 3 is 2.11 bits per heavy atom. The zero-order valence-corrected chi connectivity index (χ0v) is 10.3. The minimum absolute atomic E-state index is 0.109. The highest BCUT2D eigenvalue weighted by Crippen LogP contribution is 2.13. The fourth-order valence-electron chi connectivity index (χ4n) is 1.68. The van der Waals surface area contributed by atoms with Crippen molar-refractivity contribution in [2.45, 2.75) is 6.92 Å². The van der Waals surface area contributed by atoms with Crippen LogP contribution in [0, 0.1) is 0 Å². The number of carbonyl (C=O) groups is 1. The van der Waals surface area contributed by atoms with E-state index in [-0.39, 0.29) is 5.91 Å². The van der Waals surface area contributed by atoms with Gasteiger partial charge in [-0.3, -0.25) is 4.79 Å². The van der Waals surface area contributed by atoms with Crippen molar-refractivity contribution in [3.63, 3.8) is 0 Å². The molecule has 0 radical (unpaired) electrons. The van der Waals surface area contributed by atoms with Crippen LogP contribution in [0.25, 0.3) is 5.57 Å². The van der Waals surface area contributed by atoms with Crippen molar-refractivity contribution in [3.05, 3.63) is 72.3 Å². The molecule has 0 unspecified atom stereocenters. The first-order chi connectivity index (χ1) is 8.75. The van der Waals surface area contributed by atoms with Crippen LogP contribution in [0.15, 0.2) is 66.7 Å². The van der Waals surface area contributed by atoms with Crippen LogP contribution in [0.3, 0.4) is 0 Å². The maximum Gasteiger partial charge on any atom is 0.248 e. The molecule has 0 fully saturated rings. The zero-order chi connectivity index (χ0) is 12.8. The lowest BCUT2D eigenvalue weighted by atomic mass is 10.1. The van der Waals surface area contributed by atoms with Crippen LogP contribution in [0.4, 0.5) is 5.69 Å². The van der Waals surface area contributed by atoms with Gasteiger partial charge in [0.05, 0.1) is 0 Å². The predicted octanol–water partition coefficient (Wildman–Crippen LogP) is 3.73. The van der Waals surface area contributed by atoms with E-state index in [4.69, 9.17) is 0 Å². The molecule has 0 saturated heterocycles. The van der Waals surface area contributed by atoms with Gasteiger partial charge in [0.2, 0.25) is 5.91 Å². The molecule has 90 valence electrons. The molecular weight excluding hydrogens is 222 g/mol. The van der Waals surface area contributed by atoms with E-state index in [2.05, 4.69) is 5.32 Å². The molecule has 0 spiro atoms. The first-order valence-electron chi connectivity index (χ1n) is 5.85. The Kier molecular flexibility index (Phi) is 3.92. The van der Waals surface area contributed by atoms with E-state index in [1.54, 1.807) is 6.08 Å². The fourth-order valence-corrected chi connectivity index (χ4v) is 1.68. The summed E-state index contributed by atoms with van der Waals surface area (Å²) in [6.07, 6.45) is 1.61. The number of anilines is 1. The summed E-state index contributed by atoms with van der Waals surface area (Å²) in [5.74, 6) is -0.109. The molecule has 0 saturated carbocycles. The van der Waals surface area contributed by atoms with Crippen LogP contribution >= 0.6 is 0 Å². The van der Waals surface area contributed by atoms with Gasteiger partial charge in [-0.1, -0.05) is 48.5 Å². The minimum Gasteiger partial charge on any atom is -0.323 e. The minimum atomic E-state index is -0.109. The van der Waals surface area contributed by atoms with Crippen LogP contribution < -0.4 is 5.32 Å². The van der Waals surface area contributed by atoms with Crippen LogP contribution in [-0.4, -0.2) is 5.91 Å². The first-order valence-corrected chi connectivity index (χ1v) is 5.85. The van der Waals surface area contributed by atoms with E-state index in [9.17, 15) is 4.79 Å². The molecule has 2 aromatic carbocycles. The van der Waals surface area contributed by atoms with Crippen molar-refractivity contribution in [3.8, 4) is 0 Å². The van der Waals surface area contributed by atoms with Crippen molar-refractivity contribution >= 4 is 17.2 Å². The molecule has 18 heavy (non-hydrogen) atoms. The van der Waals surface area contributed by atoms with Crippen LogP contribution in [-0.2, 0) is 4.79 Å². The van der Waals surface area contributed by atoms with Crippen LogP contribution in [0.2, 0.25) is 0 Å². The molecule has 0 bridgehead atoms. The number of rotatable bonds is 3. The lowest BCUT2D eigenvalue weighted by molar-refractivity contribution is -0.111. The van der Waals surface area contributed by atoms with Crippen molar-refractivity contribution in [1.82, 2.24) is 0 Å². The number of amides is 1. The summed E-state index contributed by atoms with van der Waals surface area (Å²) in [7, 11) is 0. The Morgan fingerprint density at radius 2 is 1.50 bits per heavy atom. The number of hydrogen-bond acceptors (Lipinski definition) is 1. The first kappa shape index (κ1) is 12.1. The molecule has 0 heterocycles. The van der Waals surface area contributed by atoms with Crippen molar-refractivity contribution in [2.75, 3.05) is 5.32 Å². The predicted molar refractivity (Wildman–Crippen MR) is 75.2 cm³/mol. The second-order valence-corrected chi connectivity index (χ2v) is 4.05. The van der Waals surface area contributed by atoms with Gasteiger partial charge in [-0.2, -0.15) is 0 Å². The van der Waals surface area contributed by atoms with Gasteiger partial charge >= 0.3 is 0 Å². The van der Waals surface area contributed by atoms with Gasteiger partial charge in [-0.25, -0.2) is 0 Å². The Bertz CT molecular complexity index is 544. The summed E-state index contributed by atoms with van der Waals surface area (Å²) < 4.78 is 0. The van der Waals surface area contributed by atoms with Crippen molar-refractivity contribution in [1.29, 1.82) is 0 Å². The van der Waals surface area contributed by atoms with Crippen LogP contribution in [0.5, 0.6) is 0 Å². The normalized spacial score (nSPS) is 11.1. The molecule has 1 N–H and O–H groups in total. The zero-order valence-electron chi connectivity index (χ0n) is 10.3. The van der Waals surface area contributed by atoms with E-state index < -0.39 is 0 Å². The maximum absolute atomic E-state index is 11.8. The van der Waals surface area contributed by atoms with Gasteiger partial charge in [0.25, 0.3) is 0 Å². The number of hydrogen-bond donors (Lipinski definition) is 1. The standard InChI is InChI=1S/C16H15NO/c1-13(14-8-4-2-5-9-14)12-16(18)17-15-10-6-3-7-11-15/h2-12H,1H3,(H,17,18)/b13-12+. The summed E-state index contributed by atoms with van der Waals surface area (Å²) in [5.41, 5.74) is 2.81. The van der Waals surface area contributed by atoms with E-state index >= 15 is 0 Å². The second-order valence-electron chi connectivity index (χ2n) is 4.05. The molecule has 2 aromatic rings. The lowest BCUT2D eigenvalue weighted by Crippen LogP contribution is -2.08. The van der Waals surface area contributed by atoms with Crippen LogP contribution in [0.1, 0.15) is 12.5 Å². The molecule has 0 aromatic heterocycles. The Balaban J connectivity index is 2.07. The quantitative estimate of drug-likeness (QED) is 0.810. The molecule has 0 aliphatic heterocycles. The van der Waals surface area contributed by atoms with E-state index in [0.29, 0.717) is 0 Å². The van der Waals surface area contributed by atoms with E-state index in [1.165, 1.54) is 0 Å². The maximum atomic E-state index is 11.8. The number of allylic oxidation sites excluding steroid dienone is 1. The Labute approximate surface area is 107 Å².